The van der Waals surface area contributed by atoms with Crippen LogP contribution in [0.25, 0.3) is 11.5 Å². The highest BCUT2D eigenvalue weighted by molar-refractivity contribution is 5.81. The number of aliphatic carboxylic acids is 1. The van der Waals surface area contributed by atoms with Gasteiger partial charge in [-0.15, -0.1) is 0 Å². The summed E-state index contributed by atoms with van der Waals surface area (Å²) in [7, 11) is 0. The molecule has 1 aromatic heterocycles. The molecule has 2 aromatic rings. The average Bonchev–Trinajstić information content (AvgIpc) is 2.82. The predicted octanol–water partition coefficient (Wildman–Crippen LogP) is 2.32. The first-order valence-electron chi connectivity index (χ1n) is 6.01. The van der Waals surface area contributed by atoms with Crippen LogP contribution in [-0.4, -0.2) is 27.3 Å². The van der Waals surface area contributed by atoms with Crippen molar-refractivity contribution in [3.05, 3.63) is 30.1 Å². The van der Waals surface area contributed by atoms with Crippen molar-refractivity contribution in [2.45, 2.75) is 26.3 Å². The second-order valence-corrected chi connectivity index (χ2v) is 4.14. The van der Waals surface area contributed by atoms with Gasteiger partial charge in [-0.25, -0.2) is 4.79 Å². The average molecular weight is 261 g/mol. The number of anilines is 1. The summed E-state index contributed by atoms with van der Waals surface area (Å²) in [5.41, 5.74) is 1.36. The molecular weight excluding hydrogens is 246 g/mol. The molecule has 2 N–H and O–H groups in total. The third-order valence-electron chi connectivity index (χ3n) is 2.72. The molecule has 1 atom stereocenters. The Labute approximate surface area is 110 Å². The summed E-state index contributed by atoms with van der Waals surface area (Å²) in [4.78, 5) is 15.2. The molecule has 0 aliphatic carbocycles. The Morgan fingerprint density at radius 2 is 2.21 bits per heavy atom. The molecule has 1 aromatic carbocycles. The van der Waals surface area contributed by atoms with Crippen LogP contribution in [0.3, 0.4) is 0 Å². The van der Waals surface area contributed by atoms with Gasteiger partial charge in [-0.2, -0.15) is 4.98 Å². The molecule has 0 saturated heterocycles. The lowest BCUT2D eigenvalue weighted by atomic mass is 10.1. The van der Waals surface area contributed by atoms with E-state index in [1.807, 2.05) is 25.1 Å². The molecule has 0 aliphatic heterocycles. The standard InChI is InChI=1S/C13H15N3O3/c1-3-10(13(17)18)15-11-7-5-4-6-9(11)12-14-8(2)16-19-12/h4-7,10,15H,3H2,1-2H3,(H,17,18). The van der Waals surface area contributed by atoms with Crippen molar-refractivity contribution in [1.29, 1.82) is 0 Å². The topological polar surface area (TPSA) is 88.3 Å². The molecule has 0 spiro atoms. The van der Waals surface area contributed by atoms with Gasteiger partial charge >= 0.3 is 5.97 Å². The first kappa shape index (κ1) is 13.1. The van der Waals surface area contributed by atoms with Crippen LogP contribution < -0.4 is 5.32 Å². The van der Waals surface area contributed by atoms with E-state index in [2.05, 4.69) is 15.5 Å². The number of nitrogens with one attached hydrogen (secondary N) is 1. The summed E-state index contributed by atoms with van der Waals surface area (Å²) in [5.74, 6) is 0.0231. The molecule has 0 aliphatic rings. The molecular formula is C13H15N3O3. The molecule has 0 bridgehead atoms. The number of nitrogens with zero attached hydrogens (tertiary/aromatic N) is 2. The number of hydrogen-bond donors (Lipinski definition) is 2. The Morgan fingerprint density at radius 3 is 2.79 bits per heavy atom. The highest BCUT2D eigenvalue weighted by Gasteiger charge is 2.18. The number of benzene rings is 1. The number of rotatable bonds is 5. The molecule has 6 heteroatoms. The van der Waals surface area contributed by atoms with E-state index >= 15 is 0 Å². The van der Waals surface area contributed by atoms with Gasteiger partial charge in [-0.1, -0.05) is 24.2 Å². The molecule has 0 amide bonds. The maximum atomic E-state index is 11.1. The van der Waals surface area contributed by atoms with E-state index in [0.717, 1.165) is 0 Å². The summed E-state index contributed by atoms with van der Waals surface area (Å²) in [6, 6.07) is 6.61. The second kappa shape index (κ2) is 5.51. The third kappa shape index (κ3) is 2.90. The zero-order valence-corrected chi connectivity index (χ0v) is 10.8. The van der Waals surface area contributed by atoms with Crippen molar-refractivity contribution in [2.75, 3.05) is 5.32 Å². The fourth-order valence-electron chi connectivity index (χ4n) is 1.73. The number of carboxylic acids is 1. The Morgan fingerprint density at radius 1 is 1.47 bits per heavy atom. The van der Waals surface area contributed by atoms with Gasteiger partial charge in [0, 0.05) is 5.69 Å². The van der Waals surface area contributed by atoms with Crippen molar-refractivity contribution >= 4 is 11.7 Å². The van der Waals surface area contributed by atoms with E-state index in [1.54, 1.807) is 13.0 Å². The molecule has 100 valence electrons. The van der Waals surface area contributed by atoms with Crippen LogP contribution in [0.4, 0.5) is 5.69 Å². The van der Waals surface area contributed by atoms with Crippen LogP contribution in [-0.2, 0) is 4.79 Å². The van der Waals surface area contributed by atoms with Gasteiger partial charge in [-0.3, -0.25) is 0 Å². The SMILES string of the molecule is CCC(Nc1ccccc1-c1nc(C)no1)C(=O)O. The molecule has 19 heavy (non-hydrogen) atoms. The van der Waals surface area contributed by atoms with Crippen molar-refractivity contribution in [2.24, 2.45) is 0 Å². The normalized spacial score (nSPS) is 12.1. The minimum absolute atomic E-state index is 0.376. The van der Waals surface area contributed by atoms with Gasteiger partial charge in [-0.05, 0) is 25.5 Å². The lowest BCUT2D eigenvalue weighted by molar-refractivity contribution is -0.137. The van der Waals surface area contributed by atoms with Gasteiger partial charge in [0.1, 0.15) is 6.04 Å². The minimum atomic E-state index is -0.890. The first-order chi connectivity index (χ1) is 9.11. The van der Waals surface area contributed by atoms with Crippen LogP contribution in [0.1, 0.15) is 19.2 Å². The maximum Gasteiger partial charge on any atom is 0.326 e. The summed E-state index contributed by atoms with van der Waals surface area (Å²) in [5, 5.41) is 15.8. The second-order valence-electron chi connectivity index (χ2n) is 4.14. The summed E-state index contributed by atoms with van der Waals surface area (Å²) >= 11 is 0. The number of carboxylic acid groups (broad SMARTS) is 1. The van der Waals surface area contributed by atoms with Crippen LogP contribution in [0.2, 0.25) is 0 Å². The van der Waals surface area contributed by atoms with E-state index in [1.165, 1.54) is 0 Å². The van der Waals surface area contributed by atoms with E-state index in [0.29, 0.717) is 29.4 Å². The first-order valence-corrected chi connectivity index (χ1v) is 6.01. The van der Waals surface area contributed by atoms with Crippen LogP contribution >= 0.6 is 0 Å². The van der Waals surface area contributed by atoms with Crippen LogP contribution in [0.5, 0.6) is 0 Å². The van der Waals surface area contributed by atoms with Crippen molar-refractivity contribution in [3.63, 3.8) is 0 Å². The Hall–Kier alpha value is -2.37. The highest BCUT2D eigenvalue weighted by atomic mass is 16.5. The lowest BCUT2D eigenvalue weighted by Gasteiger charge is -2.15. The zero-order chi connectivity index (χ0) is 13.8. The minimum Gasteiger partial charge on any atom is -0.480 e. The van der Waals surface area contributed by atoms with Crippen molar-refractivity contribution in [1.82, 2.24) is 10.1 Å². The highest BCUT2D eigenvalue weighted by Crippen LogP contribution is 2.27. The number of carbonyl (C=O) groups is 1. The van der Waals surface area contributed by atoms with Crippen molar-refractivity contribution < 1.29 is 14.4 Å². The largest absolute Gasteiger partial charge is 0.480 e. The number of aryl methyl sites for hydroxylation is 1. The van der Waals surface area contributed by atoms with E-state index < -0.39 is 12.0 Å². The van der Waals surface area contributed by atoms with Crippen LogP contribution in [0, 0.1) is 6.92 Å². The predicted molar refractivity (Wildman–Crippen MR) is 69.8 cm³/mol. The Bertz CT molecular complexity index is 580. The van der Waals surface area contributed by atoms with Gasteiger partial charge < -0.3 is 14.9 Å². The summed E-state index contributed by atoms with van der Waals surface area (Å²) < 4.78 is 5.12. The van der Waals surface area contributed by atoms with Crippen LogP contribution in [0.15, 0.2) is 28.8 Å². The van der Waals surface area contributed by atoms with Crippen molar-refractivity contribution in [3.8, 4) is 11.5 Å². The fraction of sp³-hybridized carbons (Fsp3) is 0.308. The molecule has 1 heterocycles. The molecule has 0 fully saturated rings. The zero-order valence-electron chi connectivity index (χ0n) is 10.8. The van der Waals surface area contributed by atoms with Gasteiger partial charge in [0.2, 0.25) is 0 Å². The van der Waals surface area contributed by atoms with Gasteiger partial charge in [0.15, 0.2) is 5.82 Å². The molecule has 1 unspecified atom stereocenters. The Balaban J connectivity index is 2.33. The van der Waals surface area contributed by atoms with Gasteiger partial charge in [0.25, 0.3) is 5.89 Å². The van der Waals surface area contributed by atoms with E-state index in [4.69, 9.17) is 9.63 Å². The molecule has 0 saturated carbocycles. The summed E-state index contributed by atoms with van der Waals surface area (Å²) in [6.07, 6.45) is 0.479. The number of aromatic nitrogens is 2. The quantitative estimate of drug-likeness (QED) is 0.858. The smallest absolute Gasteiger partial charge is 0.326 e. The Kier molecular flexibility index (Phi) is 3.79. The number of para-hydroxylation sites is 1. The number of hydrogen-bond acceptors (Lipinski definition) is 5. The molecule has 6 nitrogen and oxygen atoms in total. The van der Waals surface area contributed by atoms with Gasteiger partial charge in [0.05, 0.1) is 5.56 Å². The molecule has 0 radical (unpaired) electrons. The fourth-order valence-corrected chi connectivity index (χ4v) is 1.73. The third-order valence-corrected chi connectivity index (χ3v) is 2.72. The van der Waals surface area contributed by atoms with E-state index in [-0.39, 0.29) is 0 Å². The van der Waals surface area contributed by atoms with E-state index in [9.17, 15) is 4.79 Å². The molecule has 2 rings (SSSR count). The monoisotopic (exact) mass is 261 g/mol. The lowest BCUT2D eigenvalue weighted by Crippen LogP contribution is -2.28. The summed E-state index contributed by atoms with van der Waals surface area (Å²) in [6.45, 7) is 3.54. The maximum absolute atomic E-state index is 11.1.